The fraction of sp³-hybridized carbons (Fsp3) is 0.174. The van der Waals surface area contributed by atoms with Gasteiger partial charge in [-0.25, -0.2) is 22.9 Å². The monoisotopic (exact) mass is 454 g/mol. The van der Waals surface area contributed by atoms with Crippen LogP contribution in [-0.2, 0) is 0 Å². The van der Waals surface area contributed by atoms with Crippen LogP contribution in [0.25, 0.3) is 0 Å². The van der Waals surface area contributed by atoms with Gasteiger partial charge in [0.2, 0.25) is 0 Å². The Hall–Kier alpha value is -4.26. The molecule has 2 aliphatic rings. The van der Waals surface area contributed by atoms with E-state index in [0.717, 1.165) is 18.6 Å². The van der Waals surface area contributed by atoms with Gasteiger partial charge in [-0.05, 0) is 48.7 Å². The van der Waals surface area contributed by atoms with Crippen molar-refractivity contribution < 1.29 is 27.4 Å². The third kappa shape index (κ3) is 4.98. The molecule has 5 rings (SSSR count). The number of carbonyl (C=O) groups excluding carboxylic acids is 1. The summed E-state index contributed by atoms with van der Waals surface area (Å²) in [7, 11) is 0. The number of fused-ring (bicyclic) bond motifs is 3. The van der Waals surface area contributed by atoms with E-state index in [1.54, 1.807) is 6.07 Å². The maximum Gasteiger partial charge on any atom is 0.317 e. The molecule has 7 nitrogen and oxygen atoms in total. The van der Waals surface area contributed by atoms with E-state index in [2.05, 4.69) is 10.3 Å². The number of nitriles is 1. The third-order valence-corrected chi connectivity index (χ3v) is 5.11. The van der Waals surface area contributed by atoms with Crippen LogP contribution in [0.4, 0.5) is 23.8 Å². The number of hydrogen-bond acceptors (Lipinski definition) is 5. The minimum Gasteiger partial charge on any atom is -0.490 e. The van der Waals surface area contributed by atoms with Crippen LogP contribution in [0, 0.1) is 34.7 Å². The number of aromatic nitrogens is 1. The lowest BCUT2D eigenvalue weighted by atomic mass is 10.1. The van der Waals surface area contributed by atoms with E-state index in [1.807, 2.05) is 0 Å². The smallest absolute Gasteiger partial charge is 0.317 e. The Labute approximate surface area is 186 Å². The molecular formula is C23H17F3N4O3. The SMILES string of the molecule is Fc1ccc(F)c2c1OC[C@H]1C[C@@H]21.N#Cc1ccc(Oc2ccc(NC(N)=O)nc2)cc1F. The summed E-state index contributed by atoms with van der Waals surface area (Å²) in [6.07, 6.45) is 2.29. The van der Waals surface area contributed by atoms with Crippen LogP contribution in [0.15, 0.2) is 48.7 Å². The van der Waals surface area contributed by atoms with Crippen LogP contribution in [0.3, 0.4) is 0 Å². The first kappa shape index (κ1) is 22.0. The van der Waals surface area contributed by atoms with Gasteiger partial charge in [0.25, 0.3) is 0 Å². The zero-order valence-corrected chi connectivity index (χ0v) is 17.0. The first-order valence-electron chi connectivity index (χ1n) is 9.86. The summed E-state index contributed by atoms with van der Waals surface area (Å²) in [5, 5.41) is 10.9. The molecule has 0 spiro atoms. The summed E-state index contributed by atoms with van der Waals surface area (Å²) < 4.78 is 50.4. The number of nitrogens with zero attached hydrogens (tertiary/aromatic N) is 2. The maximum absolute atomic E-state index is 13.4. The Bertz CT molecular complexity index is 1240. The number of hydrogen-bond donors (Lipinski definition) is 2. The van der Waals surface area contributed by atoms with Crippen molar-refractivity contribution in [3.63, 3.8) is 0 Å². The van der Waals surface area contributed by atoms with Gasteiger partial charge >= 0.3 is 6.03 Å². The zero-order valence-electron chi connectivity index (χ0n) is 17.0. The van der Waals surface area contributed by atoms with Gasteiger partial charge in [0, 0.05) is 17.5 Å². The topological polar surface area (TPSA) is 110 Å². The highest BCUT2D eigenvalue weighted by molar-refractivity contribution is 5.86. The van der Waals surface area contributed by atoms with Crippen LogP contribution in [0.2, 0.25) is 0 Å². The van der Waals surface area contributed by atoms with Gasteiger partial charge < -0.3 is 15.2 Å². The molecule has 3 aromatic rings. The molecule has 1 aliphatic carbocycles. The quantitative estimate of drug-likeness (QED) is 0.589. The fourth-order valence-electron chi connectivity index (χ4n) is 3.44. The molecule has 10 heteroatoms. The molecule has 2 aromatic carbocycles. The summed E-state index contributed by atoms with van der Waals surface area (Å²) in [5.41, 5.74) is 5.34. The highest BCUT2D eigenvalue weighted by Crippen LogP contribution is 2.55. The van der Waals surface area contributed by atoms with Gasteiger partial charge in [-0.1, -0.05) is 0 Å². The molecule has 168 valence electrons. The van der Waals surface area contributed by atoms with Gasteiger partial charge in [0.15, 0.2) is 11.6 Å². The molecule has 1 saturated carbocycles. The van der Waals surface area contributed by atoms with E-state index in [1.165, 1.54) is 36.5 Å². The van der Waals surface area contributed by atoms with Crippen molar-refractivity contribution in [2.75, 3.05) is 11.9 Å². The summed E-state index contributed by atoms with van der Waals surface area (Å²) in [6, 6.07) is 10.2. The summed E-state index contributed by atoms with van der Waals surface area (Å²) in [5.74, 6) is 0.191. The van der Waals surface area contributed by atoms with Crippen molar-refractivity contribution >= 4 is 11.8 Å². The largest absolute Gasteiger partial charge is 0.490 e. The van der Waals surface area contributed by atoms with Crippen LogP contribution in [0.5, 0.6) is 17.2 Å². The van der Waals surface area contributed by atoms with Gasteiger partial charge in [0.05, 0.1) is 18.4 Å². The zero-order chi connectivity index (χ0) is 23.5. The molecule has 1 aliphatic heterocycles. The average molecular weight is 454 g/mol. The van der Waals surface area contributed by atoms with Crippen molar-refractivity contribution in [2.24, 2.45) is 11.7 Å². The molecule has 33 heavy (non-hydrogen) atoms. The number of urea groups is 1. The second kappa shape index (κ2) is 9.08. The molecule has 0 unspecified atom stereocenters. The Kier molecular flexibility index (Phi) is 6.04. The van der Waals surface area contributed by atoms with Crippen molar-refractivity contribution in [2.45, 2.75) is 12.3 Å². The first-order chi connectivity index (χ1) is 15.9. The van der Waals surface area contributed by atoms with E-state index in [4.69, 9.17) is 20.5 Å². The predicted octanol–water partition coefficient (Wildman–Crippen LogP) is 4.84. The number of nitrogens with one attached hydrogen (secondary N) is 1. The first-order valence-corrected chi connectivity index (χ1v) is 9.86. The standard InChI is InChI=1S/C13H9FN4O2.C10H8F2O/c14-11-5-9(2-1-8(11)6-15)20-10-3-4-12(17-7-10)18-13(16)19;11-7-1-2-8(12)10-9(7)6-3-5(6)4-13-10/h1-5,7H,(H3,16,17,18,19);1-2,5-6H,3-4H2/t;5-,6-/m.1/s1. The van der Waals surface area contributed by atoms with Crippen LogP contribution in [-0.4, -0.2) is 17.6 Å². The lowest BCUT2D eigenvalue weighted by molar-refractivity contribution is 0.259. The van der Waals surface area contributed by atoms with E-state index in [9.17, 15) is 18.0 Å². The lowest BCUT2D eigenvalue weighted by Crippen LogP contribution is -2.19. The number of carbonyl (C=O) groups is 1. The lowest BCUT2D eigenvalue weighted by Gasteiger charge is -2.17. The van der Waals surface area contributed by atoms with Crippen molar-refractivity contribution in [3.8, 4) is 23.3 Å². The highest BCUT2D eigenvalue weighted by atomic mass is 19.1. The number of rotatable bonds is 3. The summed E-state index contributed by atoms with van der Waals surface area (Å²) in [6.45, 7) is 0.540. The van der Waals surface area contributed by atoms with Crippen LogP contribution >= 0.6 is 0 Å². The molecule has 2 heterocycles. The predicted molar refractivity (Wildman–Crippen MR) is 111 cm³/mol. The molecular weight excluding hydrogens is 437 g/mol. The Morgan fingerprint density at radius 2 is 1.88 bits per heavy atom. The summed E-state index contributed by atoms with van der Waals surface area (Å²) >= 11 is 0. The number of halogens is 3. The molecule has 2 amide bonds. The molecule has 0 radical (unpaired) electrons. The normalized spacial score (nSPS) is 17.2. The van der Waals surface area contributed by atoms with Crippen LogP contribution in [0.1, 0.15) is 23.5 Å². The number of nitrogens with two attached hydrogens (primary N) is 1. The third-order valence-electron chi connectivity index (χ3n) is 5.11. The molecule has 0 saturated heterocycles. The van der Waals surface area contributed by atoms with Crippen molar-refractivity contribution in [1.29, 1.82) is 5.26 Å². The highest BCUT2D eigenvalue weighted by Gasteiger charge is 2.46. The van der Waals surface area contributed by atoms with E-state index in [0.29, 0.717) is 23.8 Å². The molecule has 1 aromatic heterocycles. The van der Waals surface area contributed by atoms with Crippen molar-refractivity contribution in [3.05, 3.63) is 77.2 Å². The average Bonchev–Trinajstić information content (AvgIpc) is 3.58. The molecule has 0 bridgehead atoms. The van der Waals surface area contributed by atoms with Gasteiger partial charge in [-0.2, -0.15) is 5.26 Å². The van der Waals surface area contributed by atoms with E-state index in [-0.39, 0.29) is 34.6 Å². The second-order valence-electron chi connectivity index (χ2n) is 7.41. The fourth-order valence-corrected chi connectivity index (χ4v) is 3.44. The Morgan fingerprint density at radius 1 is 1.12 bits per heavy atom. The number of primary amides is 1. The molecule has 3 N–H and O–H groups in total. The van der Waals surface area contributed by atoms with Gasteiger partial charge in [-0.3, -0.25) is 5.32 Å². The van der Waals surface area contributed by atoms with Gasteiger partial charge in [0.1, 0.15) is 35.0 Å². The Morgan fingerprint density at radius 3 is 2.55 bits per heavy atom. The van der Waals surface area contributed by atoms with E-state index < -0.39 is 17.7 Å². The maximum atomic E-state index is 13.4. The second-order valence-corrected chi connectivity index (χ2v) is 7.41. The number of amides is 2. The minimum absolute atomic E-state index is 0.0588. The Balaban J connectivity index is 0.000000170. The number of ether oxygens (including phenoxy) is 2. The van der Waals surface area contributed by atoms with E-state index >= 15 is 0 Å². The molecule has 2 atom stereocenters. The van der Waals surface area contributed by atoms with Gasteiger partial charge in [-0.15, -0.1) is 0 Å². The number of benzene rings is 2. The molecule has 1 fully saturated rings. The number of anilines is 1. The number of pyridine rings is 1. The summed E-state index contributed by atoms with van der Waals surface area (Å²) in [4.78, 5) is 14.5. The minimum atomic E-state index is -0.722. The van der Waals surface area contributed by atoms with Crippen LogP contribution < -0.4 is 20.5 Å². The van der Waals surface area contributed by atoms with Crippen molar-refractivity contribution in [1.82, 2.24) is 4.98 Å².